The van der Waals surface area contributed by atoms with Gasteiger partial charge < -0.3 is 30.7 Å². The van der Waals surface area contributed by atoms with Gasteiger partial charge in [-0.1, -0.05) is 0 Å². The average molecular weight is 450 g/mol. The minimum Gasteiger partial charge on any atom is -0.492 e. The smallest absolute Gasteiger partial charge is 0.403 e. The molecule has 0 aliphatic carbocycles. The van der Waals surface area contributed by atoms with Crippen molar-refractivity contribution in [1.82, 2.24) is 24.6 Å². The van der Waals surface area contributed by atoms with E-state index in [1.807, 2.05) is 5.09 Å². The van der Waals surface area contributed by atoms with Crippen LogP contribution in [0.5, 0.6) is 5.88 Å². The van der Waals surface area contributed by atoms with E-state index in [1.165, 1.54) is 0 Å². The van der Waals surface area contributed by atoms with Gasteiger partial charge in [-0.05, 0) is 13.8 Å². The lowest BCUT2D eigenvalue weighted by Gasteiger charge is -2.24. The number of carboxylic acids is 1. The lowest BCUT2D eigenvalue weighted by Crippen LogP contribution is -2.41. The number of nitrogens with one attached hydrogen (secondary N) is 1. The van der Waals surface area contributed by atoms with Crippen molar-refractivity contribution >= 4 is 30.8 Å². The van der Waals surface area contributed by atoms with Crippen molar-refractivity contribution in [3.05, 3.63) is 6.33 Å². The molecule has 1 fully saturated rings. The molecule has 1 unspecified atom stereocenters. The average Bonchev–Trinajstić information content (AvgIpc) is 3.12. The van der Waals surface area contributed by atoms with Crippen LogP contribution in [0, 0.1) is 0 Å². The number of nitrogens with two attached hydrogens (primary N) is 1. The second kappa shape index (κ2) is 7.68. The predicted molar refractivity (Wildman–Crippen MR) is 96.8 cm³/mol. The highest BCUT2D eigenvalue weighted by atomic mass is 31.2. The van der Waals surface area contributed by atoms with Crippen LogP contribution in [0.4, 0.5) is 10.3 Å². The van der Waals surface area contributed by atoms with Crippen LogP contribution in [-0.4, -0.2) is 76.2 Å². The Morgan fingerprint density at radius 3 is 2.87 bits per heavy atom. The highest BCUT2D eigenvalue weighted by molar-refractivity contribution is 7.50. The standard InChI is InChI=1S/C14H20FN6O8P/c1-5(11(24)25)20-30(26,27)28-3-6-8(22)14(2,15)12(29-6)21-4-17-7-9(21)18-13(16)19-10(7)23/h4-6,8,12,22H,3H2,1-2H3,(H,24,25)(H2,20,26,27)(H3,16,18,19,23)/t5-,6+,8+,12+,14+/m0/s1. The summed E-state index contributed by atoms with van der Waals surface area (Å²) >= 11 is 0. The van der Waals surface area contributed by atoms with Crippen LogP contribution in [0.25, 0.3) is 11.2 Å². The van der Waals surface area contributed by atoms with Crippen molar-refractivity contribution in [2.24, 2.45) is 0 Å². The number of ether oxygens (including phenoxy) is 1. The molecule has 7 N–H and O–H groups in total. The number of carboxylic acid groups (broad SMARTS) is 1. The molecular formula is C14H20FN6O8P. The molecule has 14 nitrogen and oxygen atoms in total. The zero-order chi connectivity index (χ0) is 22.4. The number of aromatic nitrogens is 4. The number of aliphatic carboxylic acids is 1. The molecule has 3 heterocycles. The van der Waals surface area contributed by atoms with E-state index in [0.717, 1.165) is 24.7 Å². The van der Waals surface area contributed by atoms with Gasteiger partial charge in [0.05, 0.1) is 12.9 Å². The lowest BCUT2D eigenvalue weighted by atomic mass is 9.98. The monoisotopic (exact) mass is 450 g/mol. The van der Waals surface area contributed by atoms with Crippen molar-refractivity contribution in [2.45, 2.75) is 44.0 Å². The van der Waals surface area contributed by atoms with Gasteiger partial charge in [-0.3, -0.25) is 13.9 Å². The molecule has 0 amide bonds. The maximum Gasteiger partial charge on any atom is 0.403 e. The number of halogens is 1. The van der Waals surface area contributed by atoms with Gasteiger partial charge in [0.25, 0.3) is 0 Å². The van der Waals surface area contributed by atoms with E-state index in [0.29, 0.717) is 0 Å². The highest BCUT2D eigenvalue weighted by Gasteiger charge is 2.55. The third-order valence-corrected chi connectivity index (χ3v) is 5.74. The molecule has 6 atom stereocenters. The lowest BCUT2D eigenvalue weighted by molar-refractivity contribution is -0.138. The number of nitrogen functional groups attached to an aromatic ring is 1. The van der Waals surface area contributed by atoms with Gasteiger partial charge in [-0.2, -0.15) is 9.97 Å². The Bertz CT molecular complexity index is 1020. The molecular weight excluding hydrogens is 430 g/mol. The summed E-state index contributed by atoms with van der Waals surface area (Å²) in [6.07, 6.45) is -3.62. The summed E-state index contributed by atoms with van der Waals surface area (Å²) < 4.78 is 38.6. The summed E-state index contributed by atoms with van der Waals surface area (Å²) in [5.41, 5.74) is 2.92. The number of carbonyl (C=O) groups is 1. The van der Waals surface area contributed by atoms with E-state index in [2.05, 4.69) is 15.0 Å². The Morgan fingerprint density at radius 2 is 2.23 bits per heavy atom. The normalized spacial score (nSPS) is 29.7. The van der Waals surface area contributed by atoms with Crippen LogP contribution < -0.4 is 10.8 Å². The molecule has 1 saturated heterocycles. The van der Waals surface area contributed by atoms with Crippen molar-refractivity contribution in [3.63, 3.8) is 0 Å². The topological polar surface area (TPSA) is 215 Å². The third-order valence-electron chi connectivity index (χ3n) is 4.53. The number of rotatable bonds is 7. The minimum atomic E-state index is -4.59. The molecule has 0 aromatic carbocycles. The zero-order valence-electron chi connectivity index (χ0n) is 15.7. The number of imidazole rings is 1. The van der Waals surface area contributed by atoms with Gasteiger partial charge in [-0.15, -0.1) is 0 Å². The number of hydrogen-bond acceptors (Lipinski definition) is 10. The largest absolute Gasteiger partial charge is 0.492 e. The molecule has 0 bridgehead atoms. The highest BCUT2D eigenvalue weighted by Crippen LogP contribution is 2.45. The van der Waals surface area contributed by atoms with Gasteiger partial charge in [0.1, 0.15) is 18.2 Å². The molecule has 0 radical (unpaired) electrons. The molecule has 166 valence electrons. The molecule has 1 aliphatic heterocycles. The molecule has 30 heavy (non-hydrogen) atoms. The van der Waals surface area contributed by atoms with Crippen LogP contribution in [0.15, 0.2) is 6.33 Å². The van der Waals surface area contributed by atoms with Crippen LogP contribution in [-0.2, 0) is 18.6 Å². The summed E-state index contributed by atoms with van der Waals surface area (Å²) in [4.78, 5) is 31.8. The molecule has 0 spiro atoms. The van der Waals surface area contributed by atoms with Gasteiger partial charge in [-0.25, -0.2) is 19.0 Å². The minimum absolute atomic E-state index is 0.0626. The Morgan fingerprint density at radius 1 is 1.57 bits per heavy atom. The van der Waals surface area contributed by atoms with Gasteiger partial charge >= 0.3 is 13.7 Å². The summed E-state index contributed by atoms with van der Waals surface area (Å²) in [6.45, 7) is 1.42. The first-order valence-electron chi connectivity index (χ1n) is 8.53. The van der Waals surface area contributed by atoms with Crippen LogP contribution >= 0.6 is 7.75 Å². The molecule has 0 saturated carbocycles. The van der Waals surface area contributed by atoms with E-state index < -0.39 is 56.3 Å². The number of hydrogen-bond donors (Lipinski definition) is 6. The fraction of sp³-hybridized carbons (Fsp3) is 0.571. The Balaban J connectivity index is 1.80. The molecule has 1 aliphatic rings. The first-order chi connectivity index (χ1) is 13.8. The number of aliphatic hydroxyl groups excluding tert-OH is 1. The van der Waals surface area contributed by atoms with Crippen molar-refractivity contribution in [1.29, 1.82) is 0 Å². The summed E-state index contributed by atoms with van der Waals surface area (Å²) in [6, 6.07) is -1.40. The van der Waals surface area contributed by atoms with E-state index >= 15 is 4.39 Å². The van der Waals surface area contributed by atoms with Crippen LogP contribution in [0.1, 0.15) is 20.1 Å². The number of nitrogens with zero attached hydrogens (tertiary/aromatic N) is 4. The number of aliphatic hydroxyl groups is 1. The van der Waals surface area contributed by atoms with Crippen molar-refractivity contribution in [3.8, 4) is 5.88 Å². The SMILES string of the molecule is C[C@H](NP(=O)(O)OC[C@H]1O[C@@H](n2cnc3c(O)nc(N)nc32)[C@](C)(F)[C@@H]1O)C(=O)O. The molecule has 16 heteroatoms. The Hall–Kier alpha value is -2.42. The fourth-order valence-corrected chi connectivity index (χ4v) is 3.98. The summed E-state index contributed by atoms with van der Waals surface area (Å²) in [5.74, 6) is -2.23. The number of anilines is 1. The molecule has 3 rings (SSSR count). The number of aromatic hydroxyl groups is 1. The van der Waals surface area contributed by atoms with Gasteiger partial charge in [0.15, 0.2) is 23.1 Å². The third kappa shape index (κ3) is 4.08. The van der Waals surface area contributed by atoms with Gasteiger partial charge in [0, 0.05) is 0 Å². The maximum atomic E-state index is 15.3. The van der Waals surface area contributed by atoms with Crippen LogP contribution in [0.3, 0.4) is 0 Å². The Labute approximate surface area is 168 Å². The second-order valence-electron chi connectivity index (χ2n) is 6.86. The quantitative estimate of drug-likeness (QED) is 0.288. The van der Waals surface area contributed by atoms with E-state index in [1.54, 1.807) is 0 Å². The van der Waals surface area contributed by atoms with Crippen molar-refractivity contribution in [2.75, 3.05) is 12.3 Å². The number of fused-ring (bicyclic) bond motifs is 1. The van der Waals surface area contributed by atoms with Gasteiger partial charge in [0.2, 0.25) is 11.8 Å². The predicted octanol–water partition coefficient (Wildman–Crippen LogP) is -0.720. The van der Waals surface area contributed by atoms with E-state index in [-0.39, 0.29) is 17.1 Å². The van der Waals surface area contributed by atoms with E-state index in [9.17, 15) is 24.5 Å². The molecule has 2 aromatic rings. The first kappa shape index (κ1) is 22.3. The molecule has 2 aromatic heterocycles. The number of alkyl halides is 1. The first-order valence-corrected chi connectivity index (χ1v) is 10.1. The summed E-state index contributed by atoms with van der Waals surface area (Å²) in [5, 5.41) is 30.8. The van der Waals surface area contributed by atoms with E-state index in [4.69, 9.17) is 20.1 Å². The van der Waals surface area contributed by atoms with Crippen molar-refractivity contribution < 1.29 is 43.2 Å². The maximum absolute atomic E-state index is 15.3. The Kier molecular flexibility index (Phi) is 5.70. The fourth-order valence-electron chi connectivity index (χ4n) is 2.95. The zero-order valence-corrected chi connectivity index (χ0v) is 16.6. The summed E-state index contributed by atoms with van der Waals surface area (Å²) in [7, 11) is -4.59. The van der Waals surface area contributed by atoms with Crippen LogP contribution in [0.2, 0.25) is 0 Å². The second-order valence-corrected chi connectivity index (χ2v) is 8.41.